The molecule has 0 radical (unpaired) electrons. The van der Waals surface area contributed by atoms with Crippen molar-refractivity contribution in [3.8, 4) is 5.69 Å². The number of rotatable bonds is 4. The normalized spacial score (nSPS) is 11.7. The van der Waals surface area contributed by atoms with Crippen molar-refractivity contribution in [3.63, 3.8) is 0 Å². The van der Waals surface area contributed by atoms with Gasteiger partial charge in [0.2, 0.25) is 10.0 Å². The molecular weight excluding hydrogens is 252 g/mol. The molecule has 0 aliphatic heterocycles. The number of aromatic nitrogens is 3. The fourth-order valence-corrected chi connectivity index (χ4v) is 2.08. The highest BCUT2D eigenvalue weighted by Gasteiger charge is 2.17. The van der Waals surface area contributed by atoms with Crippen LogP contribution in [-0.4, -0.2) is 28.4 Å². The Morgan fingerprint density at radius 3 is 2.61 bits per heavy atom. The van der Waals surface area contributed by atoms with Crippen molar-refractivity contribution < 1.29 is 8.42 Å². The molecule has 1 heterocycles. The Labute approximate surface area is 106 Å². The molecule has 0 unspecified atom stereocenters. The van der Waals surface area contributed by atoms with Crippen LogP contribution < -0.4 is 4.72 Å². The van der Waals surface area contributed by atoms with E-state index in [1.54, 1.807) is 32.0 Å². The van der Waals surface area contributed by atoms with Crippen molar-refractivity contribution in [1.82, 2.24) is 14.8 Å². The Morgan fingerprint density at radius 2 is 2.00 bits per heavy atom. The summed E-state index contributed by atoms with van der Waals surface area (Å²) in [6, 6.07) is 7.03. The monoisotopic (exact) mass is 266 g/mol. The molecule has 2 aromatic rings. The molecule has 0 aliphatic rings. The Balaban J connectivity index is 2.41. The highest BCUT2D eigenvalue weighted by atomic mass is 32.2. The van der Waals surface area contributed by atoms with E-state index in [0.717, 1.165) is 0 Å². The van der Waals surface area contributed by atoms with Gasteiger partial charge in [0.05, 0.1) is 16.6 Å². The number of benzene rings is 1. The van der Waals surface area contributed by atoms with Crippen LogP contribution >= 0.6 is 0 Å². The second-order valence-electron chi connectivity index (χ2n) is 4.05. The molecule has 96 valence electrons. The average Bonchev–Trinajstić information content (AvgIpc) is 2.82. The van der Waals surface area contributed by atoms with Crippen molar-refractivity contribution in [1.29, 1.82) is 0 Å². The van der Waals surface area contributed by atoms with Crippen molar-refractivity contribution in [2.75, 3.05) is 4.72 Å². The SMILES string of the molecule is CC(C)S(=O)(=O)Nc1ccccc1-n1cncn1. The molecule has 1 aromatic carbocycles. The van der Waals surface area contributed by atoms with E-state index >= 15 is 0 Å². The van der Waals surface area contributed by atoms with Crippen molar-refractivity contribution in [3.05, 3.63) is 36.9 Å². The molecule has 0 saturated carbocycles. The standard InChI is InChI=1S/C11H14N4O2S/c1-9(2)18(16,17)14-10-5-3-4-6-11(10)15-8-12-7-13-15/h3-9,14H,1-2H3. The summed E-state index contributed by atoms with van der Waals surface area (Å²) in [5, 5.41) is 3.49. The van der Waals surface area contributed by atoms with E-state index in [1.807, 2.05) is 6.07 Å². The number of nitrogens with one attached hydrogen (secondary N) is 1. The van der Waals surface area contributed by atoms with Gasteiger partial charge >= 0.3 is 0 Å². The highest BCUT2D eigenvalue weighted by molar-refractivity contribution is 7.93. The first kappa shape index (κ1) is 12.6. The summed E-state index contributed by atoms with van der Waals surface area (Å²) in [5.41, 5.74) is 1.12. The second kappa shape index (κ2) is 4.77. The van der Waals surface area contributed by atoms with Crippen molar-refractivity contribution >= 4 is 15.7 Å². The van der Waals surface area contributed by atoms with Crippen molar-refractivity contribution in [2.45, 2.75) is 19.1 Å². The van der Waals surface area contributed by atoms with Gasteiger partial charge in [0.15, 0.2) is 0 Å². The number of para-hydroxylation sites is 2. The quantitative estimate of drug-likeness (QED) is 0.907. The summed E-state index contributed by atoms with van der Waals surface area (Å²) in [5.74, 6) is 0. The van der Waals surface area contributed by atoms with Crippen LogP contribution in [0, 0.1) is 0 Å². The van der Waals surface area contributed by atoms with Gasteiger partial charge in [-0.3, -0.25) is 4.72 Å². The molecule has 6 nitrogen and oxygen atoms in total. The number of nitrogens with zero attached hydrogens (tertiary/aromatic N) is 3. The molecule has 0 saturated heterocycles. The summed E-state index contributed by atoms with van der Waals surface area (Å²) in [6.07, 6.45) is 2.91. The molecule has 0 atom stereocenters. The van der Waals surface area contributed by atoms with E-state index < -0.39 is 15.3 Å². The van der Waals surface area contributed by atoms with Crippen LogP contribution in [0.4, 0.5) is 5.69 Å². The van der Waals surface area contributed by atoms with Gasteiger partial charge in [-0.15, -0.1) is 0 Å². The fraction of sp³-hybridized carbons (Fsp3) is 0.273. The maximum Gasteiger partial charge on any atom is 0.235 e. The third-order valence-corrected chi connectivity index (χ3v) is 4.19. The Bertz CT molecular complexity index is 620. The van der Waals surface area contributed by atoms with Gasteiger partial charge in [-0.25, -0.2) is 18.1 Å². The lowest BCUT2D eigenvalue weighted by molar-refractivity contribution is 0.592. The first-order valence-corrected chi connectivity index (χ1v) is 7.01. The van der Waals surface area contributed by atoms with Crippen LogP contribution in [0.3, 0.4) is 0 Å². The topological polar surface area (TPSA) is 76.9 Å². The second-order valence-corrected chi connectivity index (χ2v) is 6.29. The van der Waals surface area contributed by atoms with Crippen LogP contribution in [0.15, 0.2) is 36.9 Å². The fourth-order valence-electron chi connectivity index (χ4n) is 1.36. The molecule has 7 heteroatoms. The molecule has 0 spiro atoms. The number of hydrogen-bond donors (Lipinski definition) is 1. The molecule has 18 heavy (non-hydrogen) atoms. The largest absolute Gasteiger partial charge is 0.281 e. The third kappa shape index (κ3) is 2.51. The van der Waals surface area contributed by atoms with Crippen LogP contribution in [0.25, 0.3) is 5.69 Å². The van der Waals surface area contributed by atoms with Crippen LogP contribution in [0.5, 0.6) is 0 Å². The minimum Gasteiger partial charge on any atom is -0.281 e. The van der Waals surface area contributed by atoms with E-state index in [-0.39, 0.29) is 0 Å². The van der Waals surface area contributed by atoms with E-state index in [4.69, 9.17) is 0 Å². The highest BCUT2D eigenvalue weighted by Crippen LogP contribution is 2.20. The van der Waals surface area contributed by atoms with Gasteiger partial charge < -0.3 is 0 Å². The molecule has 0 bridgehead atoms. The molecule has 0 aliphatic carbocycles. The number of anilines is 1. The molecule has 2 rings (SSSR count). The van der Waals surface area contributed by atoms with Gasteiger partial charge in [0.25, 0.3) is 0 Å². The Morgan fingerprint density at radius 1 is 1.28 bits per heavy atom. The van der Waals surface area contributed by atoms with Crippen molar-refractivity contribution in [2.24, 2.45) is 0 Å². The zero-order chi connectivity index (χ0) is 13.2. The number of sulfonamides is 1. The summed E-state index contributed by atoms with van der Waals surface area (Å²) in [4.78, 5) is 3.85. The smallest absolute Gasteiger partial charge is 0.235 e. The predicted molar refractivity (Wildman–Crippen MR) is 69.0 cm³/mol. The molecule has 0 fully saturated rings. The summed E-state index contributed by atoms with van der Waals surface area (Å²) in [6.45, 7) is 3.25. The summed E-state index contributed by atoms with van der Waals surface area (Å²) in [7, 11) is -3.38. The third-order valence-electron chi connectivity index (χ3n) is 2.44. The Kier molecular flexibility index (Phi) is 3.33. The minimum absolute atomic E-state index is 0.483. The van der Waals surface area contributed by atoms with Crippen LogP contribution in [0.2, 0.25) is 0 Å². The van der Waals surface area contributed by atoms with E-state index in [9.17, 15) is 8.42 Å². The zero-order valence-electron chi connectivity index (χ0n) is 10.1. The lowest BCUT2D eigenvalue weighted by Gasteiger charge is -2.13. The van der Waals surface area contributed by atoms with Crippen LogP contribution in [0.1, 0.15) is 13.8 Å². The first-order chi connectivity index (χ1) is 8.50. The zero-order valence-corrected chi connectivity index (χ0v) is 10.9. The lowest BCUT2D eigenvalue weighted by Crippen LogP contribution is -2.23. The minimum atomic E-state index is -3.38. The maximum atomic E-state index is 11.9. The first-order valence-electron chi connectivity index (χ1n) is 5.46. The van der Waals surface area contributed by atoms with Gasteiger partial charge in [-0.1, -0.05) is 12.1 Å². The molecular formula is C11H14N4O2S. The molecule has 1 N–H and O–H groups in total. The molecule has 1 aromatic heterocycles. The van der Waals surface area contributed by atoms with E-state index in [1.165, 1.54) is 17.3 Å². The predicted octanol–water partition coefficient (Wildman–Crippen LogP) is 1.42. The van der Waals surface area contributed by atoms with Crippen LogP contribution in [-0.2, 0) is 10.0 Å². The van der Waals surface area contributed by atoms with E-state index in [2.05, 4.69) is 14.8 Å². The Hall–Kier alpha value is -1.89. The van der Waals surface area contributed by atoms with Gasteiger partial charge in [0.1, 0.15) is 12.7 Å². The average molecular weight is 266 g/mol. The van der Waals surface area contributed by atoms with Gasteiger partial charge in [0, 0.05) is 0 Å². The lowest BCUT2D eigenvalue weighted by atomic mass is 10.3. The molecule has 0 amide bonds. The van der Waals surface area contributed by atoms with Gasteiger partial charge in [-0.05, 0) is 26.0 Å². The maximum absolute atomic E-state index is 11.9. The summed E-state index contributed by atoms with van der Waals surface area (Å²) >= 11 is 0. The van der Waals surface area contributed by atoms with Gasteiger partial charge in [-0.2, -0.15) is 5.10 Å². The number of hydrogen-bond acceptors (Lipinski definition) is 4. The van der Waals surface area contributed by atoms with E-state index in [0.29, 0.717) is 11.4 Å². The summed E-state index contributed by atoms with van der Waals surface area (Å²) < 4.78 is 27.8.